The number of benzene rings is 2. The van der Waals surface area contributed by atoms with Gasteiger partial charge in [-0.05, 0) is 49.9 Å². The van der Waals surface area contributed by atoms with Crippen molar-refractivity contribution in [2.75, 3.05) is 13.1 Å². The molecule has 1 N–H and O–H groups in total. The molecule has 1 saturated heterocycles. The first-order valence-corrected chi connectivity index (χ1v) is 11.6. The van der Waals surface area contributed by atoms with Crippen molar-refractivity contribution in [2.24, 2.45) is 0 Å². The Kier molecular flexibility index (Phi) is 6.63. The number of carbonyl (C=O) groups excluding carboxylic acids is 2. The van der Waals surface area contributed by atoms with Crippen molar-refractivity contribution in [3.8, 4) is 11.1 Å². The lowest BCUT2D eigenvalue weighted by molar-refractivity contribution is -0.143. The summed E-state index contributed by atoms with van der Waals surface area (Å²) in [6.45, 7) is 9.10. The van der Waals surface area contributed by atoms with Gasteiger partial charge in [-0.2, -0.15) is 5.10 Å². The molecule has 0 radical (unpaired) electrons. The first kappa shape index (κ1) is 22.8. The molecule has 33 heavy (non-hydrogen) atoms. The van der Waals surface area contributed by atoms with E-state index in [0.717, 1.165) is 33.6 Å². The van der Waals surface area contributed by atoms with Crippen molar-refractivity contribution < 1.29 is 9.59 Å². The maximum absolute atomic E-state index is 13.3. The fourth-order valence-electron chi connectivity index (χ4n) is 4.58. The summed E-state index contributed by atoms with van der Waals surface area (Å²) in [7, 11) is 0. The summed E-state index contributed by atoms with van der Waals surface area (Å²) in [5.41, 5.74) is 6.50. The first-order valence-electron chi connectivity index (χ1n) is 11.6. The lowest BCUT2D eigenvalue weighted by atomic mass is 9.97. The average Bonchev–Trinajstić information content (AvgIpc) is 3.08. The summed E-state index contributed by atoms with van der Waals surface area (Å²) >= 11 is 0. The van der Waals surface area contributed by atoms with Gasteiger partial charge in [0.25, 0.3) is 0 Å². The maximum atomic E-state index is 13.3. The van der Waals surface area contributed by atoms with Crippen LogP contribution in [0.15, 0.2) is 54.6 Å². The van der Waals surface area contributed by atoms with E-state index in [9.17, 15) is 9.59 Å². The van der Waals surface area contributed by atoms with Crippen molar-refractivity contribution in [1.29, 1.82) is 0 Å². The molecule has 4 rings (SSSR count). The van der Waals surface area contributed by atoms with E-state index in [1.54, 1.807) is 4.90 Å². The van der Waals surface area contributed by atoms with Crippen molar-refractivity contribution in [3.63, 3.8) is 0 Å². The summed E-state index contributed by atoms with van der Waals surface area (Å²) in [4.78, 5) is 27.9. The van der Waals surface area contributed by atoms with Crippen LogP contribution in [0.3, 0.4) is 0 Å². The monoisotopic (exact) mass is 444 g/mol. The van der Waals surface area contributed by atoms with Gasteiger partial charge < -0.3 is 10.2 Å². The molecule has 1 aliphatic heterocycles. The number of nitrogens with one attached hydrogen (secondary N) is 1. The molecule has 0 bridgehead atoms. The summed E-state index contributed by atoms with van der Waals surface area (Å²) in [5, 5.41) is 7.55. The molecule has 1 aromatic heterocycles. The third-order valence-electron chi connectivity index (χ3n) is 6.69. The van der Waals surface area contributed by atoms with E-state index in [1.807, 2.05) is 55.8 Å². The van der Waals surface area contributed by atoms with E-state index in [2.05, 4.69) is 41.6 Å². The highest BCUT2D eigenvalue weighted by atomic mass is 16.2. The van der Waals surface area contributed by atoms with E-state index >= 15 is 0 Å². The van der Waals surface area contributed by atoms with Gasteiger partial charge in [0, 0.05) is 31.6 Å². The van der Waals surface area contributed by atoms with Crippen molar-refractivity contribution in [2.45, 2.75) is 52.6 Å². The summed E-state index contributed by atoms with van der Waals surface area (Å²) in [5.74, 6) is -0.0962. The number of amides is 2. The van der Waals surface area contributed by atoms with E-state index in [1.165, 1.54) is 0 Å². The Bertz CT molecular complexity index is 1150. The number of carbonyl (C=O) groups is 2. The van der Waals surface area contributed by atoms with Crippen LogP contribution in [0.5, 0.6) is 0 Å². The molecule has 0 aliphatic carbocycles. The minimum Gasteiger partial charge on any atom is -0.353 e. The van der Waals surface area contributed by atoms with Crippen LogP contribution in [0.1, 0.15) is 41.9 Å². The predicted molar refractivity (Wildman–Crippen MR) is 130 cm³/mol. The van der Waals surface area contributed by atoms with Crippen molar-refractivity contribution in [3.05, 3.63) is 77.1 Å². The molecule has 172 valence electrons. The number of rotatable bonds is 6. The van der Waals surface area contributed by atoms with Crippen LogP contribution in [-0.2, 0) is 16.0 Å². The maximum Gasteiger partial charge on any atom is 0.243 e. The molecule has 1 fully saturated rings. The van der Waals surface area contributed by atoms with Gasteiger partial charge in [-0.15, -0.1) is 0 Å². The second kappa shape index (κ2) is 9.61. The van der Waals surface area contributed by atoms with Gasteiger partial charge in [0.05, 0.1) is 11.7 Å². The zero-order valence-electron chi connectivity index (χ0n) is 19.8. The van der Waals surface area contributed by atoms with Gasteiger partial charge in [0.15, 0.2) is 0 Å². The van der Waals surface area contributed by atoms with Crippen LogP contribution in [0.2, 0.25) is 0 Å². The average molecular weight is 445 g/mol. The fourth-order valence-corrected chi connectivity index (χ4v) is 4.58. The lowest BCUT2D eigenvalue weighted by Crippen LogP contribution is -2.58. The van der Waals surface area contributed by atoms with Crippen LogP contribution < -0.4 is 5.32 Å². The largest absolute Gasteiger partial charge is 0.353 e. The Hall–Kier alpha value is -3.41. The van der Waals surface area contributed by atoms with Gasteiger partial charge >= 0.3 is 0 Å². The third kappa shape index (κ3) is 4.85. The van der Waals surface area contributed by atoms with E-state index in [4.69, 9.17) is 0 Å². The Morgan fingerprint density at radius 3 is 2.52 bits per heavy atom. The number of aryl methyl sites for hydroxylation is 1. The van der Waals surface area contributed by atoms with E-state index < -0.39 is 6.04 Å². The molecule has 2 aromatic carbocycles. The molecular formula is C27H32N4O2. The first-order chi connectivity index (χ1) is 15.8. The van der Waals surface area contributed by atoms with Crippen molar-refractivity contribution in [1.82, 2.24) is 20.0 Å². The molecule has 2 heterocycles. The summed E-state index contributed by atoms with van der Waals surface area (Å²) in [6.07, 6.45) is 0.806. The number of hydrogen-bond donors (Lipinski definition) is 1. The SMILES string of the molecule is Cc1nn([C@@H](C)CC(=O)N2CCNC(=O)[C@H]2Cc2cccc(-c3ccccc3)c2)c(C)c1C. The second-order valence-corrected chi connectivity index (χ2v) is 8.96. The van der Waals surface area contributed by atoms with Crippen LogP contribution in [0.25, 0.3) is 11.1 Å². The molecule has 2 amide bonds. The smallest absolute Gasteiger partial charge is 0.243 e. The lowest BCUT2D eigenvalue weighted by Gasteiger charge is -2.36. The molecule has 6 nitrogen and oxygen atoms in total. The Balaban J connectivity index is 1.51. The van der Waals surface area contributed by atoms with E-state index in [-0.39, 0.29) is 17.9 Å². The topological polar surface area (TPSA) is 67.2 Å². The van der Waals surface area contributed by atoms with Gasteiger partial charge in [-0.3, -0.25) is 14.3 Å². The Morgan fingerprint density at radius 2 is 1.82 bits per heavy atom. The molecule has 2 atom stereocenters. The van der Waals surface area contributed by atoms with Crippen LogP contribution in [-0.4, -0.2) is 45.6 Å². The molecular weight excluding hydrogens is 412 g/mol. The number of aromatic nitrogens is 2. The molecule has 3 aromatic rings. The molecule has 1 aliphatic rings. The normalized spacial score (nSPS) is 17.0. The van der Waals surface area contributed by atoms with Crippen LogP contribution >= 0.6 is 0 Å². The van der Waals surface area contributed by atoms with Crippen LogP contribution in [0, 0.1) is 20.8 Å². The van der Waals surface area contributed by atoms with Gasteiger partial charge in [-0.1, -0.05) is 54.6 Å². The number of piperazine rings is 1. The Labute approximate surface area is 195 Å². The number of nitrogens with zero attached hydrogens (tertiary/aromatic N) is 3. The van der Waals surface area contributed by atoms with Gasteiger partial charge in [0.2, 0.25) is 11.8 Å². The minimum absolute atomic E-state index is 0.00762. The fraction of sp³-hybridized carbons (Fsp3) is 0.370. The van der Waals surface area contributed by atoms with Gasteiger partial charge in [0.1, 0.15) is 6.04 Å². The minimum atomic E-state index is -0.508. The highest BCUT2D eigenvalue weighted by molar-refractivity contribution is 5.89. The van der Waals surface area contributed by atoms with E-state index in [0.29, 0.717) is 25.9 Å². The molecule has 6 heteroatoms. The molecule has 0 spiro atoms. The highest BCUT2D eigenvalue weighted by Gasteiger charge is 2.34. The summed E-state index contributed by atoms with van der Waals surface area (Å²) in [6, 6.07) is 17.8. The standard InChI is InChI=1S/C27H32N4O2/c1-18(31-21(4)19(2)20(3)29-31)15-26(32)30-14-13-28-27(33)25(30)17-22-9-8-12-24(16-22)23-10-6-5-7-11-23/h5-12,16,18,25H,13-15,17H2,1-4H3,(H,28,33)/t18-,25+/m0/s1. The summed E-state index contributed by atoms with van der Waals surface area (Å²) < 4.78 is 1.94. The predicted octanol–water partition coefficient (Wildman–Crippen LogP) is 4.00. The van der Waals surface area contributed by atoms with Crippen LogP contribution in [0.4, 0.5) is 0 Å². The quantitative estimate of drug-likeness (QED) is 0.625. The number of hydrogen-bond acceptors (Lipinski definition) is 3. The van der Waals surface area contributed by atoms with Gasteiger partial charge in [-0.25, -0.2) is 0 Å². The molecule has 0 saturated carbocycles. The molecule has 0 unspecified atom stereocenters. The zero-order chi connectivity index (χ0) is 23.5. The van der Waals surface area contributed by atoms with Crippen molar-refractivity contribution >= 4 is 11.8 Å². The highest BCUT2D eigenvalue weighted by Crippen LogP contribution is 2.24. The Morgan fingerprint density at radius 1 is 1.09 bits per heavy atom. The second-order valence-electron chi connectivity index (χ2n) is 8.96. The zero-order valence-corrected chi connectivity index (χ0v) is 19.8. The third-order valence-corrected chi connectivity index (χ3v) is 6.69.